The Hall–Kier alpha value is -1.88. The Labute approximate surface area is 189 Å². The number of benzene rings is 2. The first kappa shape index (κ1) is 21.8. The van der Waals surface area contributed by atoms with Gasteiger partial charge in [0.25, 0.3) is 5.91 Å². The largest absolute Gasteiger partial charge is 0.496 e. The monoisotopic (exact) mass is 508 g/mol. The van der Waals surface area contributed by atoms with Crippen LogP contribution in [0.2, 0.25) is 0 Å². The molecule has 0 saturated heterocycles. The van der Waals surface area contributed by atoms with E-state index in [2.05, 4.69) is 48.8 Å². The van der Waals surface area contributed by atoms with E-state index in [0.717, 1.165) is 30.2 Å². The van der Waals surface area contributed by atoms with Crippen LogP contribution in [0.25, 0.3) is 0 Å². The minimum Gasteiger partial charge on any atom is -0.496 e. The fraction of sp³-hybridized carbons (Fsp3) is 0.158. The Morgan fingerprint density at radius 2 is 1.97 bits per heavy atom. The molecule has 0 radical (unpaired) electrons. The van der Waals surface area contributed by atoms with Gasteiger partial charge in [-0.2, -0.15) is 5.10 Å². The zero-order valence-corrected chi connectivity index (χ0v) is 19.4. The Morgan fingerprint density at radius 3 is 2.69 bits per heavy atom. The van der Waals surface area contributed by atoms with Gasteiger partial charge >= 0.3 is 0 Å². The van der Waals surface area contributed by atoms with E-state index in [1.54, 1.807) is 25.1 Å². The van der Waals surface area contributed by atoms with Crippen LogP contribution >= 0.6 is 50.8 Å². The first-order chi connectivity index (χ1) is 14.1. The summed E-state index contributed by atoms with van der Waals surface area (Å²) in [7, 11) is 1.61. The molecule has 0 aliphatic rings. The minimum atomic E-state index is -0.201. The van der Waals surface area contributed by atoms with E-state index in [1.807, 2.05) is 36.4 Å². The van der Waals surface area contributed by atoms with Crippen molar-refractivity contribution in [1.82, 2.24) is 15.6 Å². The SMILES string of the molecule is COc1ccc(/C=N/NC(=O)CSc2nnc(SCc3ccccc3)s2)cc1Br. The number of nitrogens with one attached hydrogen (secondary N) is 1. The molecule has 0 atom stereocenters. The van der Waals surface area contributed by atoms with Gasteiger partial charge in [0, 0.05) is 5.75 Å². The summed E-state index contributed by atoms with van der Waals surface area (Å²) < 4.78 is 7.65. The lowest BCUT2D eigenvalue weighted by Crippen LogP contribution is -2.19. The number of nitrogens with zero attached hydrogens (tertiary/aromatic N) is 3. The molecule has 0 bridgehead atoms. The van der Waals surface area contributed by atoms with Crippen molar-refractivity contribution in [3.05, 3.63) is 64.1 Å². The zero-order valence-electron chi connectivity index (χ0n) is 15.4. The normalized spacial score (nSPS) is 11.0. The van der Waals surface area contributed by atoms with Crippen LogP contribution in [0.15, 0.2) is 66.8 Å². The molecular formula is C19H17BrN4O2S3. The summed E-state index contributed by atoms with van der Waals surface area (Å²) in [6.07, 6.45) is 1.58. The molecule has 0 saturated carbocycles. The summed E-state index contributed by atoms with van der Waals surface area (Å²) in [6, 6.07) is 15.7. The van der Waals surface area contributed by atoms with Gasteiger partial charge in [0.15, 0.2) is 8.68 Å². The fourth-order valence-electron chi connectivity index (χ4n) is 2.13. The summed E-state index contributed by atoms with van der Waals surface area (Å²) in [5.74, 6) is 1.60. The molecule has 0 aliphatic heterocycles. The van der Waals surface area contributed by atoms with Crippen molar-refractivity contribution >= 4 is 62.9 Å². The van der Waals surface area contributed by atoms with E-state index in [1.165, 1.54) is 28.7 Å². The lowest BCUT2D eigenvalue weighted by atomic mass is 10.2. The molecule has 1 amide bonds. The number of ether oxygens (including phenoxy) is 1. The van der Waals surface area contributed by atoms with Gasteiger partial charge in [-0.3, -0.25) is 4.79 Å². The van der Waals surface area contributed by atoms with Crippen molar-refractivity contribution in [2.45, 2.75) is 14.4 Å². The molecule has 0 aliphatic carbocycles. The third-order valence-electron chi connectivity index (χ3n) is 3.50. The van der Waals surface area contributed by atoms with E-state index in [4.69, 9.17) is 4.74 Å². The second-order valence-electron chi connectivity index (χ2n) is 5.58. The predicted octanol–water partition coefficient (Wildman–Crippen LogP) is 4.84. The first-order valence-corrected chi connectivity index (χ1v) is 12.0. The molecule has 2 aromatic carbocycles. The second-order valence-corrected chi connectivity index (χ2v) is 9.86. The molecule has 0 unspecified atom stereocenters. The van der Waals surface area contributed by atoms with E-state index in [9.17, 15) is 4.79 Å². The van der Waals surface area contributed by atoms with Gasteiger partial charge in [0.05, 0.1) is 23.5 Å². The molecule has 0 fully saturated rings. The molecule has 3 rings (SSSR count). The standard InChI is InChI=1S/C19H17BrN4O2S3/c1-26-16-8-7-14(9-15(16)20)10-21-22-17(25)12-28-19-24-23-18(29-19)27-11-13-5-3-2-4-6-13/h2-10H,11-12H2,1H3,(H,22,25)/b21-10+. The Kier molecular flexibility index (Phi) is 8.53. The van der Waals surface area contributed by atoms with E-state index < -0.39 is 0 Å². The highest BCUT2D eigenvalue weighted by atomic mass is 79.9. The number of methoxy groups -OCH3 is 1. The molecule has 1 aromatic heterocycles. The third kappa shape index (κ3) is 7.14. The predicted molar refractivity (Wildman–Crippen MR) is 123 cm³/mol. The molecule has 3 aromatic rings. The molecule has 1 N–H and O–H groups in total. The lowest BCUT2D eigenvalue weighted by Gasteiger charge is -2.03. The van der Waals surface area contributed by atoms with Crippen LogP contribution in [0.1, 0.15) is 11.1 Å². The topological polar surface area (TPSA) is 76.5 Å². The van der Waals surface area contributed by atoms with E-state index >= 15 is 0 Å². The number of hydrazone groups is 1. The molecule has 29 heavy (non-hydrogen) atoms. The Morgan fingerprint density at radius 1 is 1.21 bits per heavy atom. The van der Waals surface area contributed by atoms with Crippen LogP contribution < -0.4 is 10.2 Å². The molecular weight excluding hydrogens is 492 g/mol. The van der Waals surface area contributed by atoms with Crippen LogP contribution in [-0.4, -0.2) is 35.2 Å². The number of aromatic nitrogens is 2. The number of amides is 1. The summed E-state index contributed by atoms with van der Waals surface area (Å²) in [6.45, 7) is 0. The second kappa shape index (κ2) is 11.3. The maximum atomic E-state index is 12.0. The van der Waals surface area contributed by atoms with Gasteiger partial charge in [-0.25, -0.2) is 5.43 Å². The van der Waals surface area contributed by atoms with Crippen molar-refractivity contribution in [1.29, 1.82) is 0 Å². The molecule has 1 heterocycles. The summed E-state index contributed by atoms with van der Waals surface area (Å²) in [4.78, 5) is 12.0. The van der Waals surface area contributed by atoms with E-state index in [-0.39, 0.29) is 11.7 Å². The average Bonchev–Trinajstić information content (AvgIpc) is 3.20. The van der Waals surface area contributed by atoms with Gasteiger partial charge in [-0.05, 0) is 45.3 Å². The van der Waals surface area contributed by atoms with E-state index in [0.29, 0.717) is 0 Å². The number of thioether (sulfide) groups is 2. The molecule has 0 spiro atoms. The maximum absolute atomic E-state index is 12.0. The molecule has 150 valence electrons. The third-order valence-corrected chi connectivity index (χ3v) is 7.38. The van der Waals surface area contributed by atoms with Crippen LogP contribution in [0.5, 0.6) is 5.75 Å². The smallest absolute Gasteiger partial charge is 0.250 e. The highest BCUT2D eigenvalue weighted by Crippen LogP contribution is 2.30. The molecule has 10 heteroatoms. The average molecular weight is 509 g/mol. The summed E-state index contributed by atoms with van der Waals surface area (Å²) in [5, 5.41) is 12.3. The van der Waals surface area contributed by atoms with Crippen molar-refractivity contribution in [3.8, 4) is 5.75 Å². The zero-order chi connectivity index (χ0) is 20.5. The van der Waals surface area contributed by atoms with Crippen molar-refractivity contribution in [2.24, 2.45) is 5.10 Å². The Balaban J connectivity index is 1.41. The van der Waals surface area contributed by atoms with Crippen LogP contribution in [0.3, 0.4) is 0 Å². The number of hydrogen-bond donors (Lipinski definition) is 1. The fourth-order valence-corrected chi connectivity index (χ4v) is 5.46. The molecule has 6 nitrogen and oxygen atoms in total. The first-order valence-electron chi connectivity index (χ1n) is 8.42. The highest BCUT2D eigenvalue weighted by molar-refractivity contribution is 9.10. The lowest BCUT2D eigenvalue weighted by molar-refractivity contribution is -0.118. The van der Waals surface area contributed by atoms with Crippen molar-refractivity contribution in [3.63, 3.8) is 0 Å². The number of halogens is 1. The maximum Gasteiger partial charge on any atom is 0.250 e. The van der Waals surface area contributed by atoms with Crippen LogP contribution in [0, 0.1) is 0 Å². The quantitative estimate of drug-likeness (QED) is 0.253. The van der Waals surface area contributed by atoms with Crippen molar-refractivity contribution in [2.75, 3.05) is 12.9 Å². The van der Waals surface area contributed by atoms with Gasteiger partial charge in [0.2, 0.25) is 0 Å². The minimum absolute atomic E-state index is 0.201. The van der Waals surface area contributed by atoms with Gasteiger partial charge in [0.1, 0.15) is 5.75 Å². The van der Waals surface area contributed by atoms with Crippen LogP contribution in [0.4, 0.5) is 0 Å². The summed E-state index contributed by atoms with van der Waals surface area (Å²) in [5.41, 5.74) is 4.60. The van der Waals surface area contributed by atoms with Gasteiger partial charge < -0.3 is 4.74 Å². The highest BCUT2D eigenvalue weighted by Gasteiger charge is 2.08. The number of rotatable bonds is 9. The Bertz CT molecular complexity index is 983. The van der Waals surface area contributed by atoms with Gasteiger partial charge in [-0.1, -0.05) is 65.2 Å². The number of hydrogen-bond acceptors (Lipinski definition) is 8. The summed E-state index contributed by atoms with van der Waals surface area (Å²) >= 11 is 7.89. The van der Waals surface area contributed by atoms with Crippen molar-refractivity contribution < 1.29 is 9.53 Å². The number of carbonyl (C=O) groups excluding carboxylic acids is 1. The number of carbonyl (C=O) groups is 1. The van der Waals surface area contributed by atoms with Gasteiger partial charge in [-0.15, -0.1) is 10.2 Å². The van der Waals surface area contributed by atoms with Crippen LogP contribution in [-0.2, 0) is 10.5 Å².